The molecule has 1 fully saturated rings. The van der Waals surface area contributed by atoms with E-state index in [1.165, 1.54) is 17.9 Å². The monoisotopic (exact) mass is 494 g/mol. The number of rotatable bonds is 6. The third-order valence-corrected chi connectivity index (χ3v) is 6.06. The number of carbonyl (C=O) groups excluding carboxylic acids is 1. The van der Waals surface area contributed by atoms with E-state index in [4.69, 9.17) is 16.3 Å². The highest BCUT2D eigenvalue weighted by molar-refractivity contribution is 6.30. The maximum Gasteiger partial charge on any atom is 0.251 e. The number of aromatic nitrogens is 4. The molecule has 180 valence electrons. The Kier molecular flexibility index (Phi) is 6.35. The summed E-state index contributed by atoms with van der Waals surface area (Å²) in [7, 11) is 1.43. The van der Waals surface area contributed by atoms with E-state index in [1.807, 2.05) is 36.4 Å². The van der Waals surface area contributed by atoms with E-state index in [9.17, 15) is 15.0 Å². The fourth-order valence-corrected chi connectivity index (χ4v) is 4.20. The van der Waals surface area contributed by atoms with Gasteiger partial charge in [0.05, 0.1) is 6.33 Å². The van der Waals surface area contributed by atoms with Crippen LogP contribution in [0.3, 0.4) is 0 Å². The van der Waals surface area contributed by atoms with Crippen LogP contribution in [0, 0.1) is 0 Å². The predicted molar refractivity (Wildman–Crippen MR) is 130 cm³/mol. The highest BCUT2D eigenvalue weighted by Crippen LogP contribution is 2.34. The molecule has 35 heavy (non-hydrogen) atoms. The van der Waals surface area contributed by atoms with Crippen molar-refractivity contribution in [3.8, 4) is 11.4 Å². The van der Waals surface area contributed by atoms with E-state index in [2.05, 4.69) is 25.6 Å². The van der Waals surface area contributed by atoms with Gasteiger partial charge in [-0.2, -0.15) is 0 Å². The number of aliphatic hydroxyl groups excluding tert-OH is 2. The fraction of sp³-hybridized carbons (Fsp3) is 0.250. The quantitative estimate of drug-likeness (QED) is 0.320. The summed E-state index contributed by atoms with van der Waals surface area (Å²) in [5.41, 5.74) is 2.54. The van der Waals surface area contributed by atoms with Crippen molar-refractivity contribution in [1.82, 2.24) is 24.8 Å². The lowest BCUT2D eigenvalue weighted by molar-refractivity contribution is -0.137. The molecule has 2 aromatic carbocycles. The lowest BCUT2D eigenvalue weighted by Gasteiger charge is -2.17. The number of aliphatic hydroxyl groups is 2. The maximum atomic E-state index is 12.1. The zero-order valence-electron chi connectivity index (χ0n) is 18.7. The second-order valence-electron chi connectivity index (χ2n) is 8.11. The van der Waals surface area contributed by atoms with Crippen LogP contribution in [0.4, 0.5) is 5.82 Å². The van der Waals surface area contributed by atoms with Crippen molar-refractivity contribution >= 4 is 34.5 Å². The minimum Gasteiger partial charge on any atom is -0.387 e. The maximum absolute atomic E-state index is 12.1. The van der Waals surface area contributed by atoms with Gasteiger partial charge in [0, 0.05) is 24.2 Å². The largest absolute Gasteiger partial charge is 0.387 e. The van der Waals surface area contributed by atoms with Crippen LogP contribution in [0.25, 0.3) is 22.6 Å². The van der Waals surface area contributed by atoms with Crippen LogP contribution in [0.1, 0.15) is 11.8 Å². The SMILES string of the molecule is CNC(=O)C1OC(n2cnc3c(NCc4ccccc4)nc(-c4cccc(Cl)c4)nc32)C(O)C1O. The summed E-state index contributed by atoms with van der Waals surface area (Å²) < 4.78 is 7.23. The molecular weight excluding hydrogens is 472 g/mol. The second kappa shape index (κ2) is 9.59. The van der Waals surface area contributed by atoms with Gasteiger partial charge in [-0.15, -0.1) is 0 Å². The summed E-state index contributed by atoms with van der Waals surface area (Å²) in [5.74, 6) is 0.319. The van der Waals surface area contributed by atoms with Crippen LogP contribution < -0.4 is 10.6 Å². The number of carbonyl (C=O) groups is 1. The highest BCUT2D eigenvalue weighted by atomic mass is 35.5. The number of halogens is 1. The van der Waals surface area contributed by atoms with Gasteiger partial charge >= 0.3 is 0 Å². The van der Waals surface area contributed by atoms with Crippen LogP contribution in [0.2, 0.25) is 5.02 Å². The fourth-order valence-electron chi connectivity index (χ4n) is 4.01. The van der Waals surface area contributed by atoms with Gasteiger partial charge in [-0.3, -0.25) is 9.36 Å². The van der Waals surface area contributed by atoms with Crippen molar-refractivity contribution in [2.24, 2.45) is 0 Å². The molecule has 0 aliphatic carbocycles. The lowest BCUT2D eigenvalue weighted by atomic mass is 10.1. The van der Waals surface area contributed by atoms with E-state index in [1.54, 1.807) is 18.2 Å². The summed E-state index contributed by atoms with van der Waals surface area (Å²) in [6.45, 7) is 0.495. The molecule has 4 atom stereocenters. The Labute approximate surface area is 205 Å². The molecule has 1 aliphatic rings. The van der Waals surface area contributed by atoms with Crippen molar-refractivity contribution in [2.75, 3.05) is 12.4 Å². The molecule has 3 heterocycles. The number of hydrogen-bond acceptors (Lipinski definition) is 8. The number of ether oxygens (including phenoxy) is 1. The van der Waals surface area contributed by atoms with E-state index in [0.29, 0.717) is 39.9 Å². The molecular formula is C24H23ClN6O4. The molecule has 0 saturated carbocycles. The topological polar surface area (TPSA) is 134 Å². The summed E-state index contributed by atoms with van der Waals surface area (Å²) >= 11 is 6.19. The Morgan fingerprint density at radius 2 is 1.91 bits per heavy atom. The second-order valence-corrected chi connectivity index (χ2v) is 8.55. The van der Waals surface area contributed by atoms with E-state index in [0.717, 1.165) is 5.56 Å². The zero-order valence-corrected chi connectivity index (χ0v) is 19.4. The van der Waals surface area contributed by atoms with Crippen molar-refractivity contribution < 1.29 is 19.7 Å². The number of imidazole rings is 1. The van der Waals surface area contributed by atoms with Crippen LogP contribution >= 0.6 is 11.6 Å². The van der Waals surface area contributed by atoms with Crippen molar-refractivity contribution in [3.63, 3.8) is 0 Å². The van der Waals surface area contributed by atoms with Gasteiger partial charge in [-0.25, -0.2) is 15.0 Å². The molecule has 11 heteroatoms. The Bertz CT molecular complexity index is 1360. The van der Waals surface area contributed by atoms with Crippen molar-refractivity contribution in [3.05, 3.63) is 71.5 Å². The minimum atomic E-state index is -1.41. The van der Waals surface area contributed by atoms with Crippen molar-refractivity contribution in [1.29, 1.82) is 0 Å². The van der Waals surface area contributed by atoms with E-state index < -0.39 is 30.4 Å². The van der Waals surface area contributed by atoms with E-state index in [-0.39, 0.29) is 0 Å². The third kappa shape index (κ3) is 4.44. The van der Waals surface area contributed by atoms with Gasteiger partial charge in [0.15, 0.2) is 35.1 Å². The number of benzene rings is 2. The Morgan fingerprint density at radius 3 is 2.66 bits per heavy atom. The summed E-state index contributed by atoms with van der Waals surface area (Å²) in [4.78, 5) is 25.9. The molecule has 5 rings (SSSR count). The first-order valence-electron chi connectivity index (χ1n) is 11.0. The predicted octanol–water partition coefficient (Wildman–Crippen LogP) is 2.12. The number of anilines is 1. The molecule has 1 saturated heterocycles. The number of nitrogens with one attached hydrogen (secondary N) is 2. The minimum absolute atomic E-state index is 0.361. The number of hydrogen-bond donors (Lipinski definition) is 4. The number of nitrogens with zero attached hydrogens (tertiary/aromatic N) is 4. The third-order valence-electron chi connectivity index (χ3n) is 5.82. The van der Waals surface area contributed by atoms with Crippen LogP contribution in [0.5, 0.6) is 0 Å². The van der Waals surface area contributed by atoms with E-state index >= 15 is 0 Å². The van der Waals surface area contributed by atoms with Gasteiger partial charge in [-0.1, -0.05) is 54.1 Å². The highest BCUT2D eigenvalue weighted by Gasteiger charge is 2.47. The average Bonchev–Trinajstić information content (AvgIpc) is 3.43. The molecule has 1 amide bonds. The van der Waals surface area contributed by atoms with Crippen molar-refractivity contribution in [2.45, 2.75) is 31.1 Å². The molecule has 1 aliphatic heterocycles. The van der Waals surface area contributed by atoms with Gasteiger partial charge < -0.3 is 25.6 Å². The molecule has 4 aromatic rings. The Morgan fingerprint density at radius 1 is 1.11 bits per heavy atom. The van der Waals surface area contributed by atoms with Gasteiger partial charge in [0.25, 0.3) is 5.91 Å². The summed E-state index contributed by atoms with van der Waals surface area (Å²) in [6, 6.07) is 17.0. The molecule has 4 N–H and O–H groups in total. The Balaban J connectivity index is 1.58. The first-order valence-corrected chi connectivity index (χ1v) is 11.4. The molecule has 0 bridgehead atoms. The van der Waals surface area contributed by atoms with Gasteiger partial charge in [-0.05, 0) is 17.7 Å². The smallest absolute Gasteiger partial charge is 0.251 e. The Hall–Kier alpha value is -3.57. The normalized spacial score (nSPS) is 21.8. The van der Waals surface area contributed by atoms with Crippen LogP contribution in [0.15, 0.2) is 60.9 Å². The van der Waals surface area contributed by atoms with Gasteiger partial charge in [0.1, 0.15) is 12.2 Å². The number of likely N-dealkylation sites (N-methyl/N-ethyl adjacent to an activating group) is 1. The molecule has 4 unspecified atom stereocenters. The summed E-state index contributed by atoms with van der Waals surface area (Å²) in [6.07, 6.45) is -3.66. The lowest BCUT2D eigenvalue weighted by Crippen LogP contribution is -2.41. The molecule has 10 nitrogen and oxygen atoms in total. The molecule has 0 spiro atoms. The number of amides is 1. The molecule has 2 aromatic heterocycles. The van der Waals surface area contributed by atoms with Crippen LogP contribution in [-0.4, -0.2) is 61.0 Å². The molecule has 0 radical (unpaired) electrons. The zero-order chi connectivity index (χ0) is 24.5. The average molecular weight is 495 g/mol. The standard InChI is InChI=1S/C24H23ClN6O4/c1-26-23(34)19-17(32)18(33)24(35-19)31-12-28-16-21(27-11-13-6-3-2-4-7-13)29-20(30-22(16)31)14-8-5-9-15(25)10-14/h2-10,12,17-19,24,32-33H,11H2,1H3,(H,26,34)(H,27,29,30). The van der Waals surface area contributed by atoms with Gasteiger partial charge in [0.2, 0.25) is 0 Å². The summed E-state index contributed by atoms with van der Waals surface area (Å²) in [5, 5.41) is 27.3. The number of fused-ring (bicyclic) bond motifs is 1. The van der Waals surface area contributed by atoms with Crippen LogP contribution in [-0.2, 0) is 16.1 Å². The first-order chi connectivity index (χ1) is 17.0. The first kappa shape index (κ1) is 23.2.